The fourth-order valence-electron chi connectivity index (χ4n) is 2.86. The molecule has 0 saturated heterocycles. The van der Waals surface area contributed by atoms with Gasteiger partial charge in [0.25, 0.3) is 0 Å². The van der Waals surface area contributed by atoms with Crippen LogP contribution in [0.5, 0.6) is 0 Å². The third-order valence-electron chi connectivity index (χ3n) is 4.42. The number of rotatable bonds is 3. The zero-order valence-corrected chi connectivity index (χ0v) is 15.4. The van der Waals surface area contributed by atoms with E-state index in [0.717, 1.165) is 27.8 Å². The van der Waals surface area contributed by atoms with Crippen LogP contribution in [0.25, 0.3) is 22.4 Å². The maximum atomic E-state index is 11.7. The average molecular weight is 356 g/mol. The first kappa shape index (κ1) is 17.4. The highest BCUT2D eigenvalue weighted by molar-refractivity contribution is 7.84. The van der Waals surface area contributed by atoms with E-state index in [4.69, 9.17) is 0 Å². The van der Waals surface area contributed by atoms with Gasteiger partial charge in [-0.25, -0.2) is 0 Å². The monoisotopic (exact) mass is 356 g/mol. The Morgan fingerprint density at radius 2 is 1.48 bits per heavy atom. The normalized spacial score (nSPS) is 11.7. The van der Waals surface area contributed by atoms with Crippen molar-refractivity contribution in [3.63, 3.8) is 0 Å². The van der Waals surface area contributed by atoms with Gasteiger partial charge in [-0.15, -0.1) is 4.09 Å². The van der Waals surface area contributed by atoms with Crippen LogP contribution in [0, 0.1) is 27.7 Å². The molecule has 0 atom stereocenters. The molecular weight excluding hydrogens is 336 g/mol. The van der Waals surface area contributed by atoms with Gasteiger partial charge in [0.2, 0.25) is 0 Å². The van der Waals surface area contributed by atoms with E-state index in [-0.39, 0.29) is 0 Å². The number of aryl methyl sites for hydroxylation is 3. The van der Waals surface area contributed by atoms with Crippen molar-refractivity contribution in [2.75, 3.05) is 0 Å². The molecule has 1 heterocycles. The number of benzene rings is 2. The van der Waals surface area contributed by atoms with Gasteiger partial charge in [-0.3, -0.25) is 4.55 Å². The van der Waals surface area contributed by atoms with Crippen LogP contribution in [0.3, 0.4) is 0 Å². The summed E-state index contributed by atoms with van der Waals surface area (Å²) in [6.45, 7) is 7.65. The van der Waals surface area contributed by atoms with Gasteiger partial charge in [0.15, 0.2) is 0 Å². The minimum Gasteiger partial charge on any atom is -0.268 e. The molecule has 1 aromatic heterocycles. The van der Waals surface area contributed by atoms with E-state index in [1.807, 2.05) is 63.2 Å². The Bertz CT molecular complexity index is 1050. The average Bonchev–Trinajstić information content (AvgIpc) is 2.88. The molecule has 0 amide bonds. The van der Waals surface area contributed by atoms with Crippen LogP contribution in [0.4, 0.5) is 0 Å². The molecule has 0 unspecified atom stereocenters. The second-order valence-corrected chi connectivity index (χ2v) is 7.54. The molecule has 0 saturated carbocycles. The molecule has 5 nitrogen and oxygen atoms in total. The molecule has 0 aliphatic carbocycles. The van der Waals surface area contributed by atoms with Gasteiger partial charge in [0.1, 0.15) is 5.69 Å². The fraction of sp³-hybridized carbons (Fsp3) is 0.211. The molecule has 130 valence electrons. The van der Waals surface area contributed by atoms with Crippen molar-refractivity contribution in [1.82, 2.24) is 9.19 Å². The first-order chi connectivity index (χ1) is 11.7. The number of nitrogens with zero attached hydrogens (tertiary/aromatic N) is 2. The summed E-state index contributed by atoms with van der Waals surface area (Å²) in [6, 6.07) is 13.6. The van der Waals surface area contributed by atoms with Crippen LogP contribution >= 0.6 is 0 Å². The minimum atomic E-state index is -4.47. The minimum absolute atomic E-state index is 0.376. The molecule has 0 aliphatic rings. The molecule has 25 heavy (non-hydrogen) atoms. The van der Waals surface area contributed by atoms with E-state index in [0.29, 0.717) is 21.0 Å². The predicted octanol–water partition coefficient (Wildman–Crippen LogP) is 4.10. The van der Waals surface area contributed by atoms with Crippen LogP contribution in [-0.2, 0) is 10.3 Å². The van der Waals surface area contributed by atoms with Crippen LogP contribution < -0.4 is 0 Å². The lowest BCUT2D eigenvalue weighted by molar-refractivity contribution is 0.464. The molecule has 3 rings (SSSR count). The Kier molecular flexibility index (Phi) is 4.26. The maximum Gasteiger partial charge on any atom is 0.379 e. The molecule has 0 radical (unpaired) electrons. The molecular formula is C19H20N2O3S. The smallest absolute Gasteiger partial charge is 0.268 e. The molecule has 0 spiro atoms. The quantitative estimate of drug-likeness (QED) is 0.717. The first-order valence-corrected chi connectivity index (χ1v) is 9.30. The van der Waals surface area contributed by atoms with Gasteiger partial charge >= 0.3 is 10.3 Å². The Morgan fingerprint density at radius 3 is 2.04 bits per heavy atom. The molecule has 2 aromatic carbocycles. The molecule has 3 aromatic rings. The second-order valence-electron chi connectivity index (χ2n) is 6.29. The van der Waals surface area contributed by atoms with E-state index in [1.54, 1.807) is 6.92 Å². The van der Waals surface area contributed by atoms with Crippen molar-refractivity contribution < 1.29 is 13.0 Å². The van der Waals surface area contributed by atoms with E-state index in [2.05, 4.69) is 5.10 Å². The van der Waals surface area contributed by atoms with Gasteiger partial charge in [0.05, 0.1) is 5.69 Å². The standard InChI is InChI=1S/C19H20N2O3S/c1-12-5-8-16(9-6-12)19-18(15(4)21(20-19)25(22,23)24)17-10-7-13(2)14(3)11-17/h5-11H,1-4H3,(H,22,23,24). The van der Waals surface area contributed by atoms with Crippen molar-refractivity contribution in [3.05, 3.63) is 64.8 Å². The van der Waals surface area contributed by atoms with E-state index in [9.17, 15) is 13.0 Å². The van der Waals surface area contributed by atoms with Crippen LogP contribution in [0.2, 0.25) is 0 Å². The second kappa shape index (κ2) is 6.13. The zero-order valence-electron chi connectivity index (χ0n) is 14.6. The number of hydrogen-bond donors (Lipinski definition) is 1. The third kappa shape index (κ3) is 3.23. The van der Waals surface area contributed by atoms with Crippen LogP contribution in [0.1, 0.15) is 22.4 Å². The predicted molar refractivity (Wildman–Crippen MR) is 99.0 cm³/mol. The van der Waals surface area contributed by atoms with E-state index < -0.39 is 10.3 Å². The Labute approximate surface area is 147 Å². The summed E-state index contributed by atoms with van der Waals surface area (Å²) in [6.07, 6.45) is 0. The Balaban J connectivity index is 2.33. The molecule has 0 bridgehead atoms. The summed E-state index contributed by atoms with van der Waals surface area (Å²) in [5.74, 6) is 0. The van der Waals surface area contributed by atoms with Gasteiger partial charge in [-0.1, -0.05) is 48.0 Å². The lowest BCUT2D eigenvalue weighted by Crippen LogP contribution is -2.14. The lowest BCUT2D eigenvalue weighted by atomic mass is 9.96. The zero-order chi connectivity index (χ0) is 18.4. The highest BCUT2D eigenvalue weighted by Crippen LogP contribution is 2.35. The SMILES string of the molecule is Cc1ccc(-c2nn(S(=O)(=O)O)c(C)c2-c2ccc(C)c(C)c2)cc1. The van der Waals surface area contributed by atoms with Crippen molar-refractivity contribution in [3.8, 4) is 22.4 Å². The largest absolute Gasteiger partial charge is 0.379 e. The summed E-state index contributed by atoms with van der Waals surface area (Å²) >= 11 is 0. The summed E-state index contributed by atoms with van der Waals surface area (Å²) < 4.78 is 33.6. The van der Waals surface area contributed by atoms with Crippen molar-refractivity contribution in [1.29, 1.82) is 0 Å². The summed E-state index contributed by atoms with van der Waals surface area (Å²) in [5.41, 5.74) is 6.62. The van der Waals surface area contributed by atoms with Crippen molar-refractivity contribution in [2.24, 2.45) is 0 Å². The molecule has 6 heteroatoms. The summed E-state index contributed by atoms with van der Waals surface area (Å²) in [7, 11) is -4.47. The van der Waals surface area contributed by atoms with Crippen LogP contribution in [-0.4, -0.2) is 22.2 Å². The summed E-state index contributed by atoms with van der Waals surface area (Å²) in [5, 5.41) is 4.19. The lowest BCUT2D eigenvalue weighted by Gasteiger charge is -2.08. The topological polar surface area (TPSA) is 72.2 Å². The van der Waals surface area contributed by atoms with Crippen molar-refractivity contribution >= 4 is 10.3 Å². The maximum absolute atomic E-state index is 11.7. The number of hydrogen-bond acceptors (Lipinski definition) is 3. The molecule has 0 fully saturated rings. The van der Waals surface area contributed by atoms with Gasteiger partial charge < -0.3 is 0 Å². The van der Waals surface area contributed by atoms with Crippen LogP contribution in [0.15, 0.2) is 42.5 Å². The third-order valence-corrected chi connectivity index (χ3v) is 5.21. The van der Waals surface area contributed by atoms with Gasteiger partial charge in [0, 0.05) is 11.1 Å². The Hall–Kier alpha value is -2.44. The first-order valence-electron chi connectivity index (χ1n) is 7.91. The Morgan fingerprint density at radius 1 is 0.880 bits per heavy atom. The fourth-order valence-corrected chi connectivity index (χ4v) is 3.49. The summed E-state index contributed by atoms with van der Waals surface area (Å²) in [4.78, 5) is 0. The number of aromatic nitrogens is 2. The molecule has 1 N–H and O–H groups in total. The molecule has 0 aliphatic heterocycles. The van der Waals surface area contributed by atoms with E-state index in [1.165, 1.54) is 0 Å². The van der Waals surface area contributed by atoms with E-state index >= 15 is 0 Å². The van der Waals surface area contributed by atoms with Gasteiger partial charge in [-0.05, 0) is 44.4 Å². The van der Waals surface area contributed by atoms with Gasteiger partial charge in [-0.2, -0.15) is 13.5 Å². The highest BCUT2D eigenvalue weighted by Gasteiger charge is 2.23. The van der Waals surface area contributed by atoms with Crippen molar-refractivity contribution in [2.45, 2.75) is 27.7 Å². The highest BCUT2D eigenvalue weighted by atomic mass is 32.2.